The van der Waals surface area contributed by atoms with Crippen molar-refractivity contribution in [3.8, 4) is 17.1 Å². The van der Waals surface area contributed by atoms with E-state index in [-0.39, 0.29) is 5.91 Å². The molecule has 1 aliphatic heterocycles. The Hall–Kier alpha value is -2.96. The number of amides is 1. The normalized spacial score (nSPS) is 14.4. The van der Waals surface area contributed by atoms with Crippen molar-refractivity contribution in [3.63, 3.8) is 0 Å². The lowest BCUT2D eigenvalue weighted by molar-refractivity contribution is -0.116. The Balaban J connectivity index is 1.37. The van der Waals surface area contributed by atoms with E-state index in [1.807, 2.05) is 54.6 Å². The first-order valence-corrected chi connectivity index (χ1v) is 11.2. The van der Waals surface area contributed by atoms with Gasteiger partial charge in [-0.3, -0.25) is 4.79 Å². The van der Waals surface area contributed by atoms with Crippen molar-refractivity contribution in [3.05, 3.63) is 65.4 Å². The molecule has 0 atom stereocenters. The van der Waals surface area contributed by atoms with Crippen molar-refractivity contribution in [2.45, 2.75) is 12.8 Å². The molecule has 32 heavy (non-hydrogen) atoms. The number of carbonyl (C=O) groups excluding carboxylic acids is 1. The van der Waals surface area contributed by atoms with Gasteiger partial charge in [-0.05, 0) is 61.6 Å². The quantitative estimate of drug-likeness (QED) is 0.549. The van der Waals surface area contributed by atoms with E-state index in [9.17, 15) is 4.79 Å². The first-order valence-electron chi connectivity index (χ1n) is 10.8. The third kappa shape index (κ3) is 5.44. The van der Waals surface area contributed by atoms with Gasteiger partial charge in [0.1, 0.15) is 17.3 Å². The van der Waals surface area contributed by atoms with Crippen LogP contribution in [-0.4, -0.2) is 51.1 Å². The second kappa shape index (κ2) is 10.1. The van der Waals surface area contributed by atoms with Crippen molar-refractivity contribution >= 4 is 28.9 Å². The van der Waals surface area contributed by atoms with Crippen LogP contribution < -0.4 is 15.0 Å². The molecule has 0 spiro atoms. The highest BCUT2D eigenvalue weighted by Gasteiger charge is 2.18. The number of hydrogen-bond donors (Lipinski definition) is 1. The molecule has 0 aliphatic carbocycles. The number of anilines is 2. The van der Waals surface area contributed by atoms with Gasteiger partial charge in [0.25, 0.3) is 0 Å². The van der Waals surface area contributed by atoms with Crippen LogP contribution in [0.25, 0.3) is 11.3 Å². The molecule has 1 fully saturated rings. The lowest BCUT2D eigenvalue weighted by atomic mass is 10.1. The van der Waals surface area contributed by atoms with E-state index in [1.54, 1.807) is 7.11 Å². The summed E-state index contributed by atoms with van der Waals surface area (Å²) in [5.74, 6) is 2.28. The van der Waals surface area contributed by atoms with Gasteiger partial charge in [-0.15, -0.1) is 0 Å². The fraction of sp³-hybridized carbons (Fsp3) is 0.320. The SMILES string of the molecule is COc1ccc(-c2ccc(CCC(=O)Nc3cc(Cl)ccc3N3CCN(C)CC3)o2)cc1. The zero-order chi connectivity index (χ0) is 22.5. The lowest BCUT2D eigenvalue weighted by Gasteiger charge is -2.35. The number of carbonyl (C=O) groups is 1. The van der Waals surface area contributed by atoms with Gasteiger partial charge in [-0.25, -0.2) is 0 Å². The van der Waals surface area contributed by atoms with Crippen LogP contribution in [0.5, 0.6) is 5.75 Å². The van der Waals surface area contributed by atoms with Gasteiger partial charge < -0.3 is 24.3 Å². The number of nitrogens with zero attached hydrogens (tertiary/aromatic N) is 2. The number of piperazine rings is 1. The fourth-order valence-corrected chi connectivity index (χ4v) is 3.98. The zero-order valence-corrected chi connectivity index (χ0v) is 19.2. The minimum Gasteiger partial charge on any atom is -0.497 e. The van der Waals surface area contributed by atoms with Crippen LogP contribution in [0.15, 0.2) is 59.0 Å². The minimum atomic E-state index is -0.0648. The molecular weight excluding hydrogens is 426 g/mol. The Morgan fingerprint density at radius 3 is 2.53 bits per heavy atom. The molecule has 3 aromatic rings. The summed E-state index contributed by atoms with van der Waals surface area (Å²) in [6, 6.07) is 17.2. The number of furan rings is 1. The molecule has 6 nitrogen and oxygen atoms in total. The molecule has 0 radical (unpaired) electrons. The second-order valence-electron chi connectivity index (χ2n) is 7.99. The summed E-state index contributed by atoms with van der Waals surface area (Å²) in [4.78, 5) is 17.3. The van der Waals surface area contributed by atoms with Gasteiger partial charge in [-0.2, -0.15) is 0 Å². The molecule has 1 aromatic heterocycles. The molecule has 1 aliphatic rings. The summed E-state index contributed by atoms with van der Waals surface area (Å²) >= 11 is 6.21. The average Bonchev–Trinajstić information content (AvgIpc) is 3.28. The summed E-state index contributed by atoms with van der Waals surface area (Å²) in [5.41, 5.74) is 2.73. The van der Waals surface area contributed by atoms with Gasteiger partial charge in [0.2, 0.25) is 5.91 Å². The maximum Gasteiger partial charge on any atom is 0.224 e. The number of methoxy groups -OCH3 is 1. The predicted molar refractivity (Wildman–Crippen MR) is 129 cm³/mol. The van der Waals surface area contributed by atoms with Gasteiger partial charge in [0, 0.05) is 49.6 Å². The number of likely N-dealkylation sites (N-methyl/N-ethyl adjacent to an activating group) is 1. The van der Waals surface area contributed by atoms with Crippen LogP contribution in [0.3, 0.4) is 0 Å². The van der Waals surface area contributed by atoms with E-state index in [0.717, 1.165) is 60.4 Å². The largest absolute Gasteiger partial charge is 0.497 e. The van der Waals surface area contributed by atoms with Gasteiger partial charge >= 0.3 is 0 Å². The Kier molecular flexibility index (Phi) is 7.02. The number of rotatable bonds is 7. The Labute approximate surface area is 193 Å². The number of hydrogen-bond acceptors (Lipinski definition) is 5. The highest BCUT2D eigenvalue weighted by atomic mass is 35.5. The number of nitrogens with one attached hydrogen (secondary N) is 1. The van der Waals surface area contributed by atoms with Crippen LogP contribution in [-0.2, 0) is 11.2 Å². The second-order valence-corrected chi connectivity index (χ2v) is 8.43. The monoisotopic (exact) mass is 453 g/mol. The highest BCUT2D eigenvalue weighted by Crippen LogP contribution is 2.30. The van der Waals surface area contributed by atoms with E-state index in [1.165, 1.54) is 0 Å². The minimum absolute atomic E-state index is 0.0648. The van der Waals surface area contributed by atoms with E-state index in [0.29, 0.717) is 17.9 Å². The van der Waals surface area contributed by atoms with Crippen molar-refractivity contribution in [2.75, 3.05) is 50.6 Å². The molecule has 1 N–H and O–H groups in total. The van der Waals surface area contributed by atoms with Crippen LogP contribution in [0.1, 0.15) is 12.2 Å². The molecule has 1 saturated heterocycles. The summed E-state index contributed by atoms with van der Waals surface area (Å²) in [7, 11) is 3.76. The first-order chi connectivity index (χ1) is 15.5. The topological polar surface area (TPSA) is 58.0 Å². The summed E-state index contributed by atoms with van der Waals surface area (Å²) < 4.78 is 11.1. The molecule has 168 valence electrons. The van der Waals surface area contributed by atoms with Crippen molar-refractivity contribution in [1.82, 2.24) is 4.90 Å². The molecule has 0 unspecified atom stereocenters. The third-order valence-corrected chi connectivity index (χ3v) is 5.95. The van der Waals surface area contributed by atoms with Crippen molar-refractivity contribution in [2.24, 2.45) is 0 Å². The maximum absolute atomic E-state index is 12.7. The van der Waals surface area contributed by atoms with Crippen LogP contribution in [0.4, 0.5) is 11.4 Å². The molecule has 7 heteroatoms. The molecule has 4 rings (SSSR count). The number of halogens is 1. The molecule has 2 aromatic carbocycles. The van der Waals surface area contributed by atoms with Gasteiger partial charge in [0.15, 0.2) is 0 Å². The Morgan fingerprint density at radius 2 is 1.81 bits per heavy atom. The van der Waals surface area contributed by atoms with E-state index < -0.39 is 0 Å². The number of benzene rings is 2. The van der Waals surface area contributed by atoms with Crippen LogP contribution in [0.2, 0.25) is 5.02 Å². The van der Waals surface area contributed by atoms with E-state index in [4.69, 9.17) is 20.8 Å². The van der Waals surface area contributed by atoms with Crippen molar-refractivity contribution in [1.29, 1.82) is 0 Å². The fourth-order valence-electron chi connectivity index (χ4n) is 3.80. The highest BCUT2D eigenvalue weighted by molar-refractivity contribution is 6.31. The average molecular weight is 454 g/mol. The van der Waals surface area contributed by atoms with E-state index in [2.05, 4.69) is 22.2 Å². The van der Waals surface area contributed by atoms with Crippen LogP contribution in [0, 0.1) is 0 Å². The molecule has 2 heterocycles. The summed E-state index contributed by atoms with van der Waals surface area (Å²) in [5, 5.41) is 3.65. The Bertz CT molecular complexity index is 1060. The molecular formula is C25H28ClN3O3. The lowest BCUT2D eigenvalue weighted by Crippen LogP contribution is -2.44. The first kappa shape index (κ1) is 22.2. The van der Waals surface area contributed by atoms with Crippen LogP contribution >= 0.6 is 11.6 Å². The smallest absolute Gasteiger partial charge is 0.224 e. The summed E-state index contributed by atoms with van der Waals surface area (Å²) in [6.07, 6.45) is 0.844. The third-order valence-electron chi connectivity index (χ3n) is 5.71. The standard InChI is InChI=1S/C25H28ClN3O3/c1-28-13-15-29(16-14-28)23-10-5-19(26)17-22(23)27-25(30)12-9-21-8-11-24(32-21)18-3-6-20(31-2)7-4-18/h3-8,10-11,17H,9,12-16H2,1-2H3,(H,27,30). The molecule has 1 amide bonds. The maximum atomic E-state index is 12.7. The zero-order valence-electron chi connectivity index (χ0n) is 18.4. The predicted octanol–water partition coefficient (Wildman–Crippen LogP) is 4.93. The Morgan fingerprint density at radius 1 is 1.06 bits per heavy atom. The van der Waals surface area contributed by atoms with Gasteiger partial charge in [-0.1, -0.05) is 11.6 Å². The number of ether oxygens (including phenoxy) is 1. The molecule has 0 bridgehead atoms. The van der Waals surface area contributed by atoms with Crippen molar-refractivity contribution < 1.29 is 13.9 Å². The van der Waals surface area contributed by atoms with E-state index >= 15 is 0 Å². The number of aryl methyl sites for hydroxylation is 1. The summed E-state index contributed by atoms with van der Waals surface area (Å²) in [6.45, 7) is 3.82. The molecule has 0 saturated carbocycles. The van der Waals surface area contributed by atoms with Gasteiger partial charge in [0.05, 0.1) is 18.5 Å².